The van der Waals surface area contributed by atoms with E-state index in [9.17, 15) is 8.42 Å². The zero-order valence-electron chi connectivity index (χ0n) is 9.29. The fourth-order valence-corrected chi connectivity index (χ4v) is 4.03. The van der Waals surface area contributed by atoms with Crippen molar-refractivity contribution in [2.75, 3.05) is 16.8 Å². The molecule has 0 fully saturated rings. The maximum Gasteiger partial charge on any atom is 0.150 e. The summed E-state index contributed by atoms with van der Waals surface area (Å²) in [6.45, 7) is 5.99. The number of alkyl halides is 1. The lowest BCUT2D eigenvalue weighted by molar-refractivity contribution is 0.532. The van der Waals surface area contributed by atoms with E-state index in [1.54, 1.807) is 0 Å². The molecule has 86 valence electrons. The number of halogens is 1. The molecular formula is C10H21BrO2S. The second kappa shape index (κ2) is 6.83. The first kappa shape index (κ1) is 14.4. The van der Waals surface area contributed by atoms with Gasteiger partial charge in [-0.25, -0.2) is 8.42 Å². The summed E-state index contributed by atoms with van der Waals surface area (Å²) in [5.74, 6) is 1.41. The lowest BCUT2D eigenvalue weighted by atomic mass is 10.1. The molecule has 4 heteroatoms. The zero-order valence-corrected chi connectivity index (χ0v) is 11.7. The van der Waals surface area contributed by atoms with Gasteiger partial charge in [-0.3, -0.25) is 0 Å². The maximum absolute atomic E-state index is 11.5. The van der Waals surface area contributed by atoms with Gasteiger partial charge in [0.25, 0.3) is 0 Å². The standard InChI is InChI=1S/C10H21BrO2S/c1-9(2)8-14(12,13)7-5-10(3)4-6-11/h9-10H,4-8H2,1-3H3. The topological polar surface area (TPSA) is 34.1 Å². The lowest BCUT2D eigenvalue weighted by Crippen LogP contribution is -2.17. The van der Waals surface area contributed by atoms with E-state index >= 15 is 0 Å². The molecule has 0 amide bonds. The van der Waals surface area contributed by atoms with Crippen LogP contribution in [0.3, 0.4) is 0 Å². The van der Waals surface area contributed by atoms with E-state index in [0.717, 1.165) is 18.2 Å². The van der Waals surface area contributed by atoms with Crippen molar-refractivity contribution in [3.05, 3.63) is 0 Å². The number of hydrogen-bond donors (Lipinski definition) is 0. The predicted molar refractivity (Wildman–Crippen MR) is 65.7 cm³/mol. The van der Waals surface area contributed by atoms with Gasteiger partial charge in [0.2, 0.25) is 0 Å². The van der Waals surface area contributed by atoms with Gasteiger partial charge >= 0.3 is 0 Å². The van der Waals surface area contributed by atoms with Crippen molar-refractivity contribution in [1.82, 2.24) is 0 Å². The van der Waals surface area contributed by atoms with Gasteiger partial charge in [0, 0.05) is 5.33 Å². The monoisotopic (exact) mass is 284 g/mol. The van der Waals surface area contributed by atoms with Crippen LogP contribution in [0.2, 0.25) is 0 Å². The SMILES string of the molecule is CC(C)CS(=O)(=O)CCC(C)CCBr. The summed E-state index contributed by atoms with van der Waals surface area (Å²) in [6.07, 6.45) is 1.85. The summed E-state index contributed by atoms with van der Waals surface area (Å²) in [5, 5.41) is 0.957. The van der Waals surface area contributed by atoms with Gasteiger partial charge < -0.3 is 0 Å². The third-order valence-corrected chi connectivity index (χ3v) is 4.60. The molecule has 1 unspecified atom stereocenters. The molecule has 0 aromatic rings. The van der Waals surface area contributed by atoms with Crippen LogP contribution in [0, 0.1) is 11.8 Å². The normalized spacial score (nSPS) is 14.6. The third-order valence-electron chi connectivity index (χ3n) is 2.11. The number of rotatable bonds is 7. The molecule has 0 rings (SSSR count). The van der Waals surface area contributed by atoms with Crippen LogP contribution < -0.4 is 0 Å². The molecule has 0 saturated heterocycles. The van der Waals surface area contributed by atoms with Crippen LogP contribution in [0.1, 0.15) is 33.6 Å². The van der Waals surface area contributed by atoms with Crippen LogP contribution in [0.4, 0.5) is 0 Å². The van der Waals surface area contributed by atoms with Crippen molar-refractivity contribution in [1.29, 1.82) is 0 Å². The van der Waals surface area contributed by atoms with E-state index in [-0.39, 0.29) is 5.92 Å². The summed E-state index contributed by atoms with van der Waals surface area (Å²) in [6, 6.07) is 0. The summed E-state index contributed by atoms with van der Waals surface area (Å²) in [4.78, 5) is 0. The minimum atomic E-state index is -2.81. The molecule has 0 aliphatic carbocycles. The molecule has 2 nitrogen and oxygen atoms in total. The van der Waals surface area contributed by atoms with Crippen molar-refractivity contribution in [2.45, 2.75) is 33.6 Å². The van der Waals surface area contributed by atoms with E-state index in [1.807, 2.05) is 13.8 Å². The Labute approximate surface area is 96.5 Å². The molecule has 0 saturated carbocycles. The average molecular weight is 285 g/mol. The van der Waals surface area contributed by atoms with E-state index in [2.05, 4.69) is 22.9 Å². The van der Waals surface area contributed by atoms with Crippen molar-refractivity contribution in [3.8, 4) is 0 Å². The highest BCUT2D eigenvalue weighted by atomic mass is 79.9. The van der Waals surface area contributed by atoms with Gasteiger partial charge in [-0.1, -0.05) is 36.7 Å². The second-order valence-corrected chi connectivity index (χ2v) is 7.40. The predicted octanol–water partition coefficient (Wildman–Crippen LogP) is 2.87. The Morgan fingerprint density at radius 3 is 2.14 bits per heavy atom. The quantitative estimate of drug-likeness (QED) is 0.674. The first-order valence-corrected chi connectivity index (χ1v) is 8.08. The van der Waals surface area contributed by atoms with E-state index in [0.29, 0.717) is 17.4 Å². The number of sulfone groups is 1. The van der Waals surface area contributed by atoms with Gasteiger partial charge in [0.05, 0.1) is 11.5 Å². The molecule has 1 atom stereocenters. The summed E-state index contributed by atoms with van der Waals surface area (Å²) >= 11 is 3.36. The Bertz CT molecular complexity index is 235. The van der Waals surface area contributed by atoms with E-state index in [4.69, 9.17) is 0 Å². The van der Waals surface area contributed by atoms with Crippen LogP contribution in [0.5, 0.6) is 0 Å². The molecule has 0 bridgehead atoms. The van der Waals surface area contributed by atoms with Crippen LogP contribution >= 0.6 is 15.9 Å². The van der Waals surface area contributed by atoms with Crippen molar-refractivity contribution in [2.24, 2.45) is 11.8 Å². The molecule has 0 aliphatic heterocycles. The Morgan fingerprint density at radius 1 is 1.14 bits per heavy atom. The van der Waals surface area contributed by atoms with Gasteiger partial charge in [0.1, 0.15) is 0 Å². The highest BCUT2D eigenvalue weighted by molar-refractivity contribution is 9.09. The van der Waals surface area contributed by atoms with Crippen LogP contribution in [0.25, 0.3) is 0 Å². The Balaban J connectivity index is 3.87. The lowest BCUT2D eigenvalue weighted by Gasteiger charge is -2.10. The number of hydrogen-bond acceptors (Lipinski definition) is 2. The molecule has 0 N–H and O–H groups in total. The van der Waals surface area contributed by atoms with Crippen LogP contribution in [-0.2, 0) is 9.84 Å². The fraction of sp³-hybridized carbons (Fsp3) is 1.00. The molecule has 0 aromatic carbocycles. The second-order valence-electron chi connectivity index (χ2n) is 4.38. The first-order valence-electron chi connectivity index (χ1n) is 5.13. The zero-order chi connectivity index (χ0) is 11.2. The smallest absolute Gasteiger partial charge is 0.150 e. The minimum absolute atomic E-state index is 0.242. The van der Waals surface area contributed by atoms with Gasteiger partial charge in [0.15, 0.2) is 9.84 Å². The minimum Gasteiger partial charge on any atom is -0.229 e. The van der Waals surface area contributed by atoms with Crippen molar-refractivity contribution >= 4 is 25.8 Å². The first-order chi connectivity index (χ1) is 6.37. The maximum atomic E-state index is 11.5. The third kappa shape index (κ3) is 7.80. The van der Waals surface area contributed by atoms with Crippen LogP contribution in [-0.4, -0.2) is 25.3 Å². The molecule has 14 heavy (non-hydrogen) atoms. The molecular weight excluding hydrogens is 264 g/mol. The van der Waals surface area contributed by atoms with Crippen LogP contribution in [0.15, 0.2) is 0 Å². The highest BCUT2D eigenvalue weighted by Crippen LogP contribution is 2.12. The molecule has 0 radical (unpaired) electrons. The van der Waals surface area contributed by atoms with Gasteiger partial charge in [-0.2, -0.15) is 0 Å². The summed E-state index contributed by atoms with van der Waals surface area (Å²) < 4.78 is 23.1. The Hall–Kier alpha value is 0.430. The Kier molecular flexibility index (Phi) is 7.04. The average Bonchev–Trinajstić information content (AvgIpc) is 1.99. The highest BCUT2D eigenvalue weighted by Gasteiger charge is 2.14. The fourth-order valence-electron chi connectivity index (χ4n) is 1.30. The molecule has 0 spiro atoms. The van der Waals surface area contributed by atoms with Crippen molar-refractivity contribution in [3.63, 3.8) is 0 Å². The van der Waals surface area contributed by atoms with E-state index in [1.165, 1.54) is 0 Å². The molecule has 0 heterocycles. The van der Waals surface area contributed by atoms with Gasteiger partial charge in [-0.05, 0) is 24.7 Å². The van der Waals surface area contributed by atoms with Crippen molar-refractivity contribution < 1.29 is 8.42 Å². The summed E-state index contributed by atoms with van der Waals surface area (Å²) in [5.41, 5.74) is 0. The summed E-state index contributed by atoms with van der Waals surface area (Å²) in [7, 11) is -2.81. The molecule has 0 aliphatic rings. The largest absolute Gasteiger partial charge is 0.229 e. The van der Waals surface area contributed by atoms with Gasteiger partial charge in [-0.15, -0.1) is 0 Å². The Morgan fingerprint density at radius 2 is 1.71 bits per heavy atom. The van der Waals surface area contributed by atoms with E-state index < -0.39 is 9.84 Å². The molecule has 0 aromatic heterocycles.